The third-order valence-corrected chi connectivity index (χ3v) is 3.17. The van der Waals surface area contributed by atoms with Gasteiger partial charge in [0.05, 0.1) is 19.3 Å². The van der Waals surface area contributed by atoms with Crippen LogP contribution in [0.15, 0.2) is 36.7 Å². The number of aryl methyl sites for hydroxylation is 2. The summed E-state index contributed by atoms with van der Waals surface area (Å²) in [5.41, 5.74) is 4.89. The number of aromatic nitrogens is 1. The van der Waals surface area contributed by atoms with Crippen molar-refractivity contribution < 1.29 is 4.74 Å². The lowest BCUT2D eigenvalue weighted by molar-refractivity contribution is 0.411. The molecule has 0 fully saturated rings. The Hall–Kier alpha value is -1.87. The first-order chi connectivity index (χ1) is 9.13. The minimum Gasteiger partial charge on any atom is -0.495 e. The normalized spacial score (nSPS) is 12.2. The largest absolute Gasteiger partial charge is 0.495 e. The van der Waals surface area contributed by atoms with Crippen molar-refractivity contribution in [2.45, 2.75) is 19.9 Å². The molecule has 1 aromatic heterocycles. The fraction of sp³-hybridized carbons (Fsp3) is 0.312. The number of ether oxygens (including phenoxy) is 1. The van der Waals surface area contributed by atoms with Crippen LogP contribution in [0.4, 0.5) is 0 Å². The van der Waals surface area contributed by atoms with Crippen molar-refractivity contribution >= 4 is 0 Å². The summed E-state index contributed by atoms with van der Waals surface area (Å²) >= 11 is 0. The van der Waals surface area contributed by atoms with E-state index in [2.05, 4.69) is 42.3 Å². The average molecular weight is 256 g/mol. The second-order valence-corrected chi connectivity index (χ2v) is 4.80. The van der Waals surface area contributed by atoms with Crippen molar-refractivity contribution in [1.82, 2.24) is 10.3 Å². The maximum Gasteiger partial charge on any atom is 0.137 e. The zero-order chi connectivity index (χ0) is 13.8. The van der Waals surface area contributed by atoms with Gasteiger partial charge >= 0.3 is 0 Å². The number of hydrogen-bond donors (Lipinski definition) is 1. The first kappa shape index (κ1) is 13.6. The van der Waals surface area contributed by atoms with Gasteiger partial charge in [-0.15, -0.1) is 0 Å². The maximum absolute atomic E-state index is 5.24. The molecule has 2 rings (SSSR count). The van der Waals surface area contributed by atoms with Crippen LogP contribution >= 0.6 is 0 Å². The summed E-state index contributed by atoms with van der Waals surface area (Å²) in [6.07, 6.45) is 3.60. The van der Waals surface area contributed by atoms with Gasteiger partial charge in [0.1, 0.15) is 5.75 Å². The lowest BCUT2D eigenvalue weighted by Gasteiger charge is -2.18. The first-order valence-corrected chi connectivity index (χ1v) is 6.38. The Labute approximate surface area is 114 Å². The van der Waals surface area contributed by atoms with Crippen molar-refractivity contribution in [3.05, 3.63) is 58.9 Å². The predicted octanol–water partition coefficient (Wildman–Crippen LogP) is 3.02. The van der Waals surface area contributed by atoms with E-state index in [1.54, 1.807) is 13.3 Å². The predicted molar refractivity (Wildman–Crippen MR) is 77.6 cm³/mol. The Morgan fingerprint density at radius 3 is 2.26 bits per heavy atom. The summed E-state index contributed by atoms with van der Waals surface area (Å²) in [6, 6.07) is 8.73. The number of benzene rings is 1. The molecule has 0 saturated carbocycles. The van der Waals surface area contributed by atoms with E-state index in [1.807, 2.05) is 19.3 Å². The standard InChI is InChI=1S/C16H20N2O/c1-11-5-12(2)7-13(6-11)16(17-3)14-8-15(19-4)10-18-9-14/h5-10,16-17H,1-4H3. The van der Waals surface area contributed by atoms with Crippen molar-refractivity contribution in [2.24, 2.45) is 0 Å². The highest BCUT2D eigenvalue weighted by molar-refractivity contribution is 5.37. The third-order valence-electron chi connectivity index (χ3n) is 3.17. The molecule has 19 heavy (non-hydrogen) atoms. The SMILES string of the molecule is CNC(c1cc(C)cc(C)c1)c1cncc(OC)c1. The van der Waals surface area contributed by atoms with Gasteiger partial charge in [0.15, 0.2) is 0 Å². The zero-order valence-corrected chi connectivity index (χ0v) is 11.9. The molecule has 0 aliphatic heterocycles. The van der Waals surface area contributed by atoms with Gasteiger partial charge in [0, 0.05) is 6.20 Å². The van der Waals surface area contributed by atoms with Crippen molar-refractivity contribution in [3.8, 4) is 5.75 Å². The Kier molecular flexibility index (Phi) is 4.17. The summed E-state index contributed by atoms with van der Waals surface area (Å²) < 4.78 is 5.24. The lowest BCUT2D eigenvalue weighted by atomic mass is 9.97. The highest BCUT2D eigenvalue weighted by atomic mass is 16.5. The van der Waals surface area contributed by atoms with E-state index < -0.39 is 0 Å². The van der Waals surface area contributed by atoms with Crippen molar-refractivity contribution in [3.63, 3.8) is 0 Å². The molecule has 2 aromatic rings. The lowest BCUT2D eigenvalue weighted by Crippen LogP contribution is -2.18. The minimum absolute atomic E-state index is 0.126. The summed E-state index contributed by atoms with van der Waals surface area (Å²) in [5.74, 6) is 0.780. The topological polar surface area (TPSA) is 34.2 Å². The van der Waals surface area contributed by atoms with E-state index in [1.165, 1.54) is 16.7 Å². The second-order valence-electron chi connectivity index (χ2n) is 4.80. The van der Waals surface area contributed by atoms with Gasteiger partial charge in [-0.1, -0.05) is 29.3 Å². The highest BCUT2D eigenvalue weighted by Gasteiger charge is 2.13. The molecule has 0 aliphatic carbocycles. The van der Waals surface area contributed by atoms with Crippen LogP contribution in [0.5, 0.6) is 5.75 Å². The molecule has 100 valence electrons. The molecule has 0 amide bonds. The van der Waals surface area contributed by atoms with E-state index in [9.17, 15) is 0 Å². The van der Waals surface area contributed by atoms with Gasteiger partial charge in [-0.2, -0.15) is 0 Å². The monoisotopic (exact) mass is 256 g/mol. The number of rotatable bonds is 4. The smallest absolute Gasteiger partial charge is 0.137 e. The summed E-state index contributed by atoms with van der Waals surface area (Å²) in [4.78, 5) is 4.23. The minimum atomic E-state index is 0.126. The maximum atomic E-state index is 5.24. The van der Waals surface area contributed by atoms with E-state index >= 15 is 0 Å². The molecule has 1 N–H and O–H groups in total. The number of nitrogens with one attached hydrogen (secondary N) is 1. The molecule has 1 aromatic carbocycles. The van der Waals surface area contributed by atoms with Crippen LogP contribution in [0.2, 0.25) is 0 Å². The molecular weight excluding hydrogens is 236 g/mol. The van der Waals surface area contributed by atoms with Crippen LogP contribution in [0, 0.1) is 13.8 Å². The Balaban J connectivity index is 2.43. The molecule has 1 unspecified atom stereocenters. The van der Waals surface area contributed by atoms with Gasteiger partial charge in [-0.05, 0) is 38.1 Å². The molecular formula is C16H20N2O. The molecule has 0 aliphatic rings. The van der Waals surface area contributed by atoms with E-state index in [4.69, 9.17) is 4.74 Å². The van der Waals surface area contributed by atoms with Crippen molar-refractivity contribution in [1.29, 1.82) is 0 Å². The molecule has 0 saturated heterocycles. The van der Waals surface area contributed by atoms with Crippen molar-refractivity contribution in [2.75, 3.05) is 14.2 Å². The third kappa shape index (κ3) is 3.12. The molecule has 1 atom stereocenters. The van der Waals surface area contributed by atoms with Gasteiger partial charge in [0.25, 0.3) is 0 Å². The number of pyridine rings is 1. The van der Waals surface area contributed by atoms with Crippen LogP contribution in [-0.2, 0) is 0 Å². The summed E-state index contributed by atoms with van der Waals surface area (Å²) in [5, 5.41) is 3.34. The fourth-order valence-electron chi connectivity index (χ4n) is 2.41. The quantitative estimate of drug-likeness (QED) is 0.913. The molecule has 0 bridgehead atoms. The summed E-state index contributed by atoms with van der Waals surface area (Å²) in [7, 11) is 3.62. The fourth-order valence-corrected chi connectivity index (χ4v) is 2.41. The van der Waals surface area contributed by atoms with Crippen LogP contribution in [0.3, 0.4) is 0 Å². The number of hydrogen-bond acceptors (Lipinski definition) is 3. The molecule has 3 heteroatoms. The van der Waals surface area contributed by atoms with Gasteiger partial charge in [0.2, 0.25) is 0 Å². The Morgan fingerprint density at radius 1 is 1.00 bits per heavy atom. The van der Waals surface area contributed by atoms with Crippen LogP contribution in [-0.4, -0.2) is 19.1 Å². The Bertz CT molecular complexity index is 546. The number of methoxy groups -OCH3 is 1. The van der Waals surface area contributed by atoms with Crippen LogP contribution in [0.1, 0.15) is 28.3 Å². The molecule has 1 heterocycles. The zero-order valence-electron chi connectivity index (χ0n) is 11.9. The van der Waals surface area contributed by atoms with Gasteiger partial charge in [-0.25, -0.2) is 0 Å². The van der Waals surface area contributed by atoms with Crippen LogP contribution in [0.25, 0.3) is 0 Å². The van der Waals surface area contributed by atoms with Gasteiger partial charge < -0.3 is 10.1 Å². The van der Waals surface area contributed by atoms with Gasteiger partial charge in [-0.3, -0.25) is 4.98 Å². The Morgan fingerprint density at radius 2 is 1.68 bits per heavy atom. The van der Waals surface area contributed by atoms with E-state index in [0.717, 1.165) is 11.3 Å². The molecule has 3 nitrogen and oxygen atoms in total. The highest BCUT2D eigenvalue weighted by Crippen LogP contribution is 2.25. The first-order valence-electron chi connectivity index (χ1n) is 6.38. The average Bonchev–Trinajstić information content (AvgIpc) is 2.39. The molecule has 0 spiro atoms. The summed E-state index contributed by atoms with van der Waals surface area (Å²) in [6.45, 7) is 4.24. The van der Waals surface area contributed by atoms with E-state index in [-0.39, 0.29) is 6.04 Å². The second kappa shape index (κ2) is 5.85. The number of nitrogens with zero attached hydrogens (tertiary/aromatic N) is 1. The van der Waals surface area contributed by atoms with E-state index in [0.29, 0.717) is 0 Å². The van der Waals surface area contributed by atoms with Crippen LogP contribution < -0.4 is 10.1 Å². The molecule has 0 radical (unpaired) electrons.